The number of aryl methyl sites for hydroxylation is 3. The minimum atomic E-state index is -0.0892. The molecule has 1 amide bonds. The third-order valence-corrected chi connectivity index (χ3v) is 4.47. The second-order valence-electron chi connectivity index (χ2n) is 6.20. The fourth-order valence-electron chi connectivity index (χ4n) is 3.14. The molecule has 1 atom stereocenters. The molecule has 25 heavy (non-hydrogen) atoms. The molecule has 130 valence electrons. The Morgan fingerprint density at radius 3 is 2.72 bits per heavy atom. The number of amides is 1. The van der Waals surface area contributed by atoms with Crippen molar-refractivity contribution in [2.75, 3.05) is 0 Å². The highest BCUT2D eigenvalue weighted by Crippen LogP contribution is 2.26. The first kappa shape index (κ1) is 17.0. The number of hydrogen-bond acceptors (Lipinski definition) is 3. The minimum Gasteiger partial charge on any atom is -0.344 e. The largest absolute Gasteiger partial charge is 0.344 e. The molecule has 3 aromatic rings. The quantitative estimate of drug-likeness (QED) is 0.750. The van der Waals surface area contributed by atoms with Crippen LogP contribution in [0.2, 0.25) is 0 Å². The number of nitrogens with one attached hydrogen (secondary N) is 2. The van der Waals surface area contributed by atoms with E-state index in [0.717, 1.165) is 34.6 Å². The number of carbonyl (C=O) groups excluding carboxylic acids is 1. The van der Waals surface area contributed by atoms with Gasteiger partial charge in [-0.1, -0.05) is 19.1 Å². The van der Waals surface area contributed by atoms with Gasteiger partial charge in [0.15, 0.2) is 0 Å². The molecule has 0 unspecified atom stereocenters. The maximum absolute atomic E-state index is 12.7. The van der Waals surface area contributed by atoms with E-state index in [4.69, 9.17) is 0 Å². The van der Waals surface area contributed by atoms with E-state index in [1.165, 1.54) is 0 Å². The molecule has 2 heterocycles. The maximum Gasteiger partial charge on any atom is 0.251 e. The topological polar surface area (TPSA) is 75.6 Å². The van der Waals surface area contributed by atoms with Gasteiger partial charge in [-0.3, -0.25) is 14.6 Å². The van der Waals surface area contributed by atoms with Gasteiger partial charge in [-0.2, -0.15) is 10.2 Å². The highest BCUT2D eigenvalue weighted by Gasteiger charge is 2.18. The summed E-state index contributed by atoms with van der Waals surface area (Å²) in [4.78, 5) is 12.7. The first-order valence-electron chi connectivity index (χ1n) is 8.42. The second kappa shape index (κ2) is 6.93. The highest BCUT2D eigenvalue weighted by atomic mass is 16.1. The van der Waals surface area contributed by atoms with Crippen molar-refractivity contribution >= 4 is 5.91 Å². The van der Waals surface area contributed by atoms with Crippen molar-refractivity contribution in [1.29, 1.82) is 0 Å². The Morgan fingerprint density at radius 1 is 1.32 bits per heavy atom. The standard InChI is InChI=1S/C19H23N5O/c1-5-16(17-9-10-20-24(17)4)21-19(25)15-8-6-7-14(11-15)18-12(2)22-23-13(18)3/h6-11,16H,5H2,1-4H3,(H,21,25)(H,22,23)/t16-/m0/s1. The smallest absolute Gasteiger partial charge is 0.251 e. The molecule has 0 saturated carbocycles. The fraction of sp³-hybridized carbons (Fsp3) is 0.316. The van der Waals surface area contributed by atoms with Crippen LogP contribution in [0.15, 0.2) is 36.5 Å². The molecule has 0 spiro atoms. The van der Waals surface area contributed by atoms with Gasteiger partial charge >= 0.3 is 0 Å². The van der Waals surface area contributed by atoms with Crippen LogP contribution in [-0.2, 0) is 7.05 Å². The molecule has 6 nitrogen and oxygen atoms in total. The van der Waals surface area contributed by atoms with Crippen molar-refractivity contribution in [3.8, 4) is 11.1 Å². The molecule has 0 bridgehead atoms. The van der Waals surface area contributed by atoms with Gasteiger partial charge in [-0.05, 0) is 44.0 Å². The molecule has 2 aromatic heterocycles. The summed E-state index contributed by atoms with van der Waals surface area (Å²) < 4.78 is 1.79. The molecule has 6 heteroatoms. The number of nitrogens with zero attached hydrogens (tertiary/aromatic N) is 3. The van der Waals surface area contributed by atoms with Gasteiger partial charge in [-0.15, -0.1) is 0 Å². The first-order valence-corrected chi connectivity index (χ1v) is 8.42. The molecule has 2 N–H and O–H groups in total. The first-order chi connectivity index (χ1) is 12.0. The van der Waals surface area contributed by atoms with Gasteiger partial charge in [0, 0.05) is 30.1 Å². The van der Waals surface area contributed by atoms with E-state index >= 15 is 0 Å². The molecule has 0 aliphatic carbocycles. The normalized spacial score (nSPS) is 12.2. The van der Waals surface area contributed by atoms with E-state index in [0.29, 0.717) is 5.56 Å². The summed E-state index contributed by atoms with van der Waals surface area (Å²) in [5.41, 5.74) is 5.60. The molecule has 0 fully saturated rings. The number of aromatic nitrogens is 4. The van der Waals surface area contributed by atoms with E-state index in [-0.39, 0.29) is 11.9 Å². The van der Waals surface area contributed by atoms with Gasteiger partial charge in [0.1, 0.15) is 0 Å². The number of H-pyrrole nitrogens is 1. The van der Waals surface area contributed by atoms with E-state index in [2.05, 4.69) is 20.6 Å². The minimum absolute atomic E-state index is 0.0685. The lowest BCUT2D eigenvalue weighted by molar-refractivity contribution is 0.0934. The lowest BCUT2D eigenvalue weighted by Crippen LogP contribution is -2.29. The van der Waals surface area contributed by atoms with Crippen LogP contribution in [0.4, 0.5) is 0 Å². The monoisotopic (exact) mass is 337 g/mol. The summed E-state index contributed by atoms with van der Waals surface area (Å²) in [6.45, 7) is 5.99. The Labute approximate surface area is 147 Å². The Morgan fingerprint density at radius 2 is 2.12 bits per heavy atom. The molecule has 1 aromatic carbocycles. The molecule has 0 radical (unpaired) electrons. The third-order valence-electron chi connectivity index (χ3n) is 4.47. The highest BCUT2D eigenvalue weighted by molar-refractivity contribution is 5.95. The number of benzene rings is 1. The van der Waals surface area contributed by atoms with Crippen LogP contribution < -0.4 is 5.32 Å². The Balaban J connectivity index is 1.86. The van der Waals surface area contributed by atoms with Crippen molar-refractivity contribution in [3.05, 3.63) is 59.2 Å². The SMILES string of the molecule is CC[C@H](NC(=O)c1cccc(-c2c(C)n[nH]c2C)c1)c1ccnn1C. The molecule has 0 aliphatic rings. The molecule has 0 saturated heterocycles. The Kier molecular flexibility index (Phi) is 4.70. The van der Waals surface area contributed by atoms with Crippen molar-refractivity contribution in [2.24, 2.45) is 7.05 Å². The predicted octanol–water partition coefficient (Wildman–Crippen LogP) is 3.31. The molecular weight excluding hydrogens is 314 g/mol. The van der Waals surface area contributed by atoms with Gasteiger partial charge in [0.05, 0.1) is 17.4 Å². The van der Waals surface area contributed by atoms with Crippen LogP contribution in [-0.4, -0.2) is 25.9 Å². The van der Waals surface area contributed by atoms with Crippen LogP contribution in [0.25, 0.3) is 11.1 Å². The van der Waals surface area contributed by atoms with Crippen molar-refractivity contribution < 1.29 is 4.79 Å². The number of carbonyl (C=O) groups is 1. The summed E-state index contributed by atoms with van der Waals surface area (Å²) in [6, 6.07) is 9.51. The predicted molar refractivity (Wildman–Crippen MR) is 97.2 cm³/mol. The van der Waals surface area contributed by atoms with Crippen LogP contribution in [0.3, 0.4) is 0 Å². The Hall–Kier alpha value is -2.89. The summed E-state index contributed by atoms with van der Waals surface area (Å²) in [5.74, 6) is -0.0892. The fourth-order valence-corrected chi connectivity index (χ4v) is 3.14. The van der Waals surface area contributed by atoms with E-state index < -0.39 is 0 Å². The molecule has 0 aliphatic heterocycles. The Bertz CT molecular complexity index is 873. The van der Waals surface area contributed by atoms with Gasteiger partial charge in [-0.25, -0.2) is 0 Å². The van der Waals surface area contributed by atoms with Crippen molar-refractivity contribution in [2.45, 2.75) is 33.2 Å². The molecular formula is C19H23N5O. The van der Waals surface area contributed by atoms with E-state index in [1.54, 1.807) is 10.9 Å². The zero-order chi connectivity index (χ0) is 18.0. The van der Waals surface area contributed by atoms with Gasteiger partial charge in [0.25, 0.3) is 5.91 Å². The summed E-state index contributed by atoms with van der Waals surface area (Å²) >= 11 is 0. The summed E-state index contributed by atoms with van der Waals surface area (Å²) in [7, 11) is 1.88. The average molecular weight is 337 g/mol. The lowest BCUT2D eigenvalue weighted by atomic mass is 10.0. The van der Waals surface area contributed by atoms with Gasteiger partial charge in [0.2, 0.25) is 0 Å². The van der Waals surface area contributed by atoms with Crippen LogP contribution in [0.1, 0.15) is 46.8 Å². The molecule has 3 rings (SSSR count). The maximum atomic E-state index is 12.7. The lowest BCUT2D eigenvalue weighted by Gasteiger charge is -2.17. The summed E-state index contributed by atoms with van der Waals surface area (Å²) in [6.07, 6.45) is 2.54. The zero-order valence-electron chi connectivity index (χ0n) is 15.0. The average Bonchev–Trinajstić information content (AvgIpc) is 3.18. The van der Waals surface area contributed by atoms with Crippen LogP contribution in [0.5, 0.6) is 0 Å². The second-order valence-corrected chi connectivity index (χ2v) is 6.20. The van der Waals surface area contributed by atoms with Gasteiger partial charge < -0.3 is 5.32 Å². The van der Waals surface area contributed by atoms with E-state index in [1.807, 2.05) is 58.2 Å². The van der Waals surface area contributed by atoms with Crippen molar-refractivity contribution in [1.82, 2.24) is 25.3 Å². The van der Waals surface area contributed by atoms with Crippen LogP contribution >= 0.6 is 0 Å². The number of hydrogen-bond donors (Lipinski definition) is 2. The zero-order valence-corrected chi connectivity index (χ0v) is 15.0. The number of rotatable bonds is 5. The van der Waals surface area contributed by atoms with Crippen molar-refractivity contribution in [3.63, 3.8) is 0 Å². The van der Waals surface area contributed by atoms with Crippen LogP contribution in [0, 0.1) is 13.8 Å². The number of aromatic amines is 1. The third kappa shape index (κ3) is 3.33. The van der Waals surface area contributed by atoms with E-state index in [9.17, 15) is 4.79 Å². The summed E-state index contributed by atoms with van der Waals surface area (Å²) in [5, 5.41) is 14.5.